The van der Waals surface area contributed by atoms with Crippen LogP contribution < -0.4 is 4.72 Å². The normalized spacial score (nSPS) is 23.2. The fraction of sp³-hybridized carbons (Fsp3) is 0.538. The van der Waals surface area contributed by atoms with Crippen LogP contribution in [0.15, 0.2) is 17.0 Å². The summed E-state index contributed by atoms with van der Waals surface area (Å²) in [6, 6.07) is 2.57. The Morgan fingerprint density at radius 2 is 2.14 bits per heavy atom. The Morgan fingerprint density at radius 3 is 2.76 bits per heavy atom. The molecular weight excluding hydrogens is 337 g/mol. The van der Waals surface area contributed by atoms with Crippen LogP contribution in [0.25, 0.3) is 0 Å². The van der Waals surface area contributed by atoms with Crippen LogP contribution >= 0.6 is 23.2 Å². The number of ether oxygens (including phenoxy) is 1. The molecule has 0 spiro atoms. The van der Waals surface area contributed by atoms with Crippen LogP contribution in [0.2, 0.25) is 10.0 Å². The van der Waals surface area contributed by atoms with Gasteiger partial charge >= 0.3 is 0 Å². The summed E-state index contributed by atoms with van der Waals surface area (Å²) in [6.45, 7) is 2.00. The Morgan fingerprint density at radius 1 is 1.43 bits per heavy atom. The zero-order valence-electron chi connectivity index (χ0n) is 11.5. The number of hydrogen-bond acceptors (Lipinski definition) is 4. The molecule has 8 heteroatoms. The first-order valence-corrected chi connectivity index (χ1v) is 8.80. The molecule has 0 aromatic heterocycles. The summed E-state index contributed by atoms with van der Waals surface area (Å²) in [5.41, 5.74) is 0.210. The highest BCUT2D eigenvalue weighted by Crippen LogP contribution is 2.31. The number of halogens is 2. The Kier molecular flexibility index (Phi) is 5.51. The number of rotatable bonds is 4. The van der Waals surface area contributed by atoms with Crippen LogP contribution in [-0.2, 0) is 21.4 Å². The second-order valence-corrected chi connectivity index (χ2v) is 7.49. The van der Waals surface area contributed by atoms with Gasteiger partial charge in [0.25, 0.3) is 0 Å². The lowest BCUT2D eigenvalue weighted by molar-refractivity contribution is 0.0173. The Labute approximate surface area is 134 Å². The van der Waals surface area contributed by atoms with Crippen LogP contribution in [0.1, 0.15) is 25.3 Å². The number of benzene rings is 1. The molecule has 1 saturated heterocycles. The van der Waals surface area contributed by atoms with Gasteiger partial charge in [-0.3, -0.25) is 0 Å². The van der Waals surface area contributed by atoms with Crippen LogP contribution in [0.3, 0.4) is 0 Å². The van der Waals surface area contributed by atoms with E-state index < -0.39 is 16.6 Å². The van der Waals surface area contributed by atoms with Crippen LogP contribution in [0.4, 0.5) is 0 Å². The number of aliphatic hydroxyl groups excluding tert-OH is 1. The van der Waals surface area contributed by atoms with Crippen molar-refractivity contribution in [1.82, 2.24) is 4.72 Å². The summed E-state index contributed by atoms with van der Waals surface area (Å²) in [5.74, 6) is 0. The maximum Gasteiger partial charge on any atom is 0.242 e. The number of aliphatic hydroxyl groups is 1. The standard InChI is InChI=1S/C13H17Cl2NO4S/c1-8-6-9(4-5-20-8)16-21(18,19)12-3-2-11(14)10(7-17)13(12)15/h2-3,8-9,16-17H,4-7H2,1H3. The highest BCUT2D eigenvalue weighted by atomic mass is 35.5. The second-order valence-electron chi connectivity index (χ2n) is 5.02. The van der Waals surface area contributed by atoms with Crippen LogP contribution in [0, 0.1) is 0 Å². The van der Waals surface area contributed by atoms with Gasteiger partial charge < -0.3 is 9.84 Å². The molecule has 0 amide bonds. The first kappa shape index (κ1) is 17.0. The average Bonchev–Trinajstić information content (AvgIpc) is 2.38. The first-order chi connectivity index (χ1) is 9.85. The van der Waals surface area contributed by atoms with Gasteiger partial charge in [0.2, 0.25) is 10.0 Å². The number of sulfonamides is 1. The number of nitrogens with one attached hydrogen (secondary N) is 1. The van der Waals surface area contributed by atoms with E-state index >= 15 is 0 Å². The maximum absolute atomic E-state index is 12.4. The van der Waals surface area contributed by atoms with Crippen molar-refractivity contribution in [3.63, 3.8) is 0 Å². The van der Waals surface area contributed by atoms with Crippen LogP contribution in [0.5, 0.6) is 0 Å². The topological polar surface area (TPSA) is 75.6 Å². The van der Waals surface area contributed by atoms with Crippen molar-refractivity contribution in [2.45, 2.75) is 43.4 Å². The molecule has 2 atom stereocenters. The van der Waals surface area contributed by atoms with E-state index in [9.17, 15) is 13.5 Å². The Hall–Kier alpha value is -0.370. The molecule has 5 nitrogen and oxygen atoms in total. The molecule has 2 rings (SSSR count). The molecule has 2 unspecified atom stereocenters. The minimum Gasteiger partial charge on any atom is -0.392 e. The molecule has 1 aliphatic heterocycles. The predicted octanol–water partition coefficient (Wildman–Crippen LogP) is 2.33. The highest BCUT2D eigenvalue weighted by Gasteiger charge is 2.27. The molecule has 21 heavy (non-hydrogen) atoms. The quantitative estimate of drug-likeness (QED) is 0.870. The molecule has 0 saturated carbocycles. The van der Waals surface area contributed by atoms with Crippen molar-refractivity contribution in [1.29, 1.82) is 0 Å². The van der Waals surface area contributed by atoms with Crippen molar-refractivity contribution in [3.05, 3.63) is 27.7 Å². The maximum atomic E-state index is 12.4. The van der Waals surface area contributed by atoms with Crippen molar-refractivity contribution < 1.29 is 18.3 Å². The highest BCUT2D eigenvalue weighted by molar-refractivity contribution is 7.89. The fourth-order valence-electron chi connectivity index (χ4n) is 2.32. The molecule has 1 aromatic rings. The molecule has 0 aliphatic carbocycles. The van der Waals surface area contributed by atoms with Gasteiger partial charge in [-0.15, -0.1) is 0 Å². The zero-order valence-corrected chi connectivity index (χ0v) is 13.8. The van der Waals surface area contributed by atoms with E-state index in [1.807, 2.05) is 6.92 Å². The van der Waals surface area contributed by atoms with E-state index in [-0.39, 0.29) is 32.7 Å². The van der Waals surface area contributed by atoms with Gasteiger partial charge in [0, 0.05) is 23.2 Å². The molecule has 1 aliphatic rings. The summed E-state index contributed by atoms with van der Waals surface area (Å²) in [7, 11) is -3.77. The Bertz CT molecular complexity index is 621. The molecular formula is C13H17Cl2NO4S. The monoisotopic (exact) mass is 353 g/mol. The predicted molar refractivity (Wildman–Crippen MR) is 81.1 cm³/mol. The summed E-state index contributed by atoms with van der Waals surface area (Å²) in [4.78, 5) is -0.0724. The van der Waals surface area contributed by atoms with Gasteiger partial charge in [0.15, 0.2) is 0 Å². The molecule has 1 aromatic carbocycles. The molecule has 1 heterocycles. The second kappa shape index (κ2) is 6.81. The van der Waals surface area contributed by atoms with E-state index in [0.29, 0.717) is 19.4 Å². The molecule has 2 N–H and O–H groups in total. The van der Waals surface area contributed by atoms with Crippen molar-refractivity contribution in [3.8, 4) is 0 Å². The van der Waals surface area contributed by atoms with Gasteiger partial charge in [-0.1, -0.05) is 23.2 Å². The lowest BCUT2D eigenvalue weighted by Crippen LogP contribution is -2.41. The van der Waals surface area contributed by atoms with Gasteiger partial charge in [-0.05, 0) is 31.9 Å². The minimum atomic E-state index is -3.77. The van der Waals surface area contributed by atoms with Gasteiger partial charge in [-0.2, -0.15) is 0 Å². The third-order valence-electron chi connectivity index (χ3n) is 3.41. The third-order valence-corrected chi connectivity index (χ3v) is 5.87. The summed E-state index contributed by atoms with van der Waals surface area (Å²) < 4.78 is 32.9. The van der Waals surface area contributed by atoms with Gasteiger partial charge in [0.05, 0.1) is 17.7 Å². The van der Waals surface area contributed by atoms with Crippen LogP contribution in [-0.4, -0.2) is 32.3 Å². The zero-order chi connectivity index (χ0) is 15.6. The van der Waals surface area contributed by atoms with E-state index in [2.05, 4.69) is 4.72 Å². The Balaban J connectivity index is 2.27. The summed E-state index contributed by atoms with van der Waals surface area (Å²) >= 11 is 11.9. The van der Waals surface area contributed by atoms with Crippen molar-refractivity contribution in [2.24, 2.45) is 0 Å². The smallest absolute Gasteiger partial charge is 0.242 e. The van der Waals surface area contributed by atoms with Crippen molar-refractivity contribution >= 4 is 33.2 Å². The molecule has 1 fully saturated rings. The molecule has 0 radical (unpaired) electrons. The lowest BCUT2D eigenvalue weighted by atomic mass is 10.1. The molecule has 118 valence electrons. The van der Waals surface area contributed by atoms with E-state index in [4.69, 9.17) is 27.9 Å². The number of hydrogen-bond donors (Lipinski definition) is 2. The van der Waals surface area contributed by atoms with E-state index in [1.54, 1.807) is 0 Å². The van der Waals surface area contributed by atoms with Gasteiger partial charge in [-0.25, -0.2) is 13.1 Å². The average molecular weight is 354 g/mol. The van der Waals surface area contributed by atoms with E-state index in [0.717, 1.165) is 0 Å². The van der Waals surface area contributed by atoms with Gasteiger partial charge in [0.1, 0.15) is 4.90 Å². The third kappa shape index (κ3) is 3.88. The van der Waals surface area contributed by atoms with Crippen molar-refractivity contribution in [2.75, 3.05) is 6.61 Å². The lowest BCUT2D eigenvalue weighted by Gasteiger charge is -2.28. The summed E-state index contributed by atoms with van der Waals surface area (Å²) in [6.07, 6.45) is 1.24. The van der Waals surface area contributed by atoms with E-state index in [1.165, 1.54) is 12.1 Å². The fourth-order valence-corrected chi connectivity index (χ4v) is 4.50. The SMILES string of the molecule is CC1CC(NS(=O)(=O)c2ccc(Cl)c(CO)c2Cl)CCO1. The minimum absolute atomic E-state index is 0.0140. The largest absolute Gasteiger partial charge is 0.392 e. The molecule has 0 bridgehead atoms. The first-order valence-electron chi connectivity index (χ1n) is 6.57. The summed E-state index contributed by atoms with van der Waals surface area (Å²) in [5, 5.41) is 9.44.